The van der Waals surface area contributed by atoms with Gasteiger partial charge in [0.1, 0.15) is 0 Å². The van der Waals surface area contributed by atoms with Crippen LogP contribution in [0.25, 0.3) is 21.3 Å². The van der Waals surface area contributed by atoms with Crippen LogP contribution in [0, 0.1) is 0 Å². The number of amides is 2. The van der Waals surface area contributed by atoms with E-state index in [2.05, 4.69) is 28.1 Å². The Morgan fingerprint density at radius 1 is 1.03 bits per heavy atom. The lowest BCUT2D eigenvalue weighted by Gasteiger charge is -2.43. The van der Waals surface area contributed by atoms with Crippen LogP contribution in [0.5, 0.6) is 0 Å². The third kappa shape index (κ3) is 3.32. The molecule has 1 saturated heterocycles. The van der Waals surface area contributed by atoms with Crippen molar-refractivity contribution in [1.82, 2.24) is 9.88 Å². The van der Waals surface area contributed by atoms with Crippen molar-refractivity contribution < 1.29 is 9.59 Å². The molecule has 0 spiro atoms. The summed E-state index contributed by atoms with van der Waals surface area (Å²) in [5, 5.41) is 0.768. The summed E-state index contributed by atoms with van der Waals surface area (Å²) in [6.45, 7) is 1.43. The lowest BCUT2D eigenvalue weighted by atomic mass is 9.86. The van der Waals surface area contributed by atoms with Gasteiger partial charge in [-0.15, -0.1) is 11.3 Å². The molecule has 0 radical (unpaired) electrons. The number of aromatic nitrogens is 1. The lowest BCUT2D eigenvalue weighted by Crippen LogP contribution is -2.43. The maximum Gasteiger partial charge on any atom is 0.230 e. The summed E-state index contributed by atoms with van der Waals surface area (Å²) < 4.78 is 1.09. The van der Waals surface area contributed by atoms with Gasteiger partial charge in [0.25, 0.3) is 0 Å². The predicted molar refractivity (Wildman–Crippen MR) is 128 cm³/mol. The minimum absolute atomic E-state index is 0.0827. The van der Waals surface area contributed by atoms with Crippen LogP contribution in [-0.4, -0.2) is 34.3 Å². The molecule has 5 nitrogen and oxygen atoms in total. The van der Waals surface area contributed by atoms with Crippen LogP contribution in [0.3, 0.4) is 0 Å². The fourth-order valence-corrected chi connectivity index (χ4v) is 6.61. The predicted octanol–water partition coefficient (Wildman–Crippen LogP) is 5.57. The van der Waals surface area contributed by atoms with E-state index < -0.39 is 0 Å². The highest BCUT2D eigenvalue weighted by Crippen LogP contribution is 2.46. The van der Waals surface area contributed by atoms with Gasteiger partial charge in [-0.3, -0.25) is 19.5 Å². The molecule has 3 aliphatic rings. The van der Waals surface area contributed by atoms with Gasteiger partial charge in [-0.25, -0.2) is 0 Å². The first-order chi connectivity index (χ1) is 15.6. The number of pyridine rings is 1. The van der Waals surface area contributed by atoms with Gasteiger partial charge in [-0.05, 0) is 61.9 Å². The van der Waals surface area contributed by atoms with Crippen molar-refractivity contribution in [3.63, 3.8) is 0 Å². The number of thiophene rings is 1. The van der Waals surface area contributed by atoms with Crippen molar-refractivity contribution in [2.45, 2.75) is 57.5 Å². The standard InChI is InChI=1S/C25H24ClN3O2S/c26-16-11-15-3-2-10-28(17-4-1-5-17)24(15)20(12-16)19-8-9-27-21-13-18(32-25(19)21)14-29-22(30)6-7-23(29)31/h8-9,11-13,17H,1-7,10,14H2. The molecule has 4 heterocycles. The van der Waals surface area contributed by atoms with Gasteiger partial charge >= 0.3 is 0 Å². The van der Waals surface area contributed by atoms with Crippen LogP contribution in [0.2, 0.25) is 5.02 Å². The van der Waals surface area contributed by atoms with Crippen molar-refractivity contribution in [3.8, 4) is 11.1 Å². The third-order valence-corrected chi connectivity index (χ3v) is 8.38. The Balaban J connectivity index is 1.46. The van der Waals surface area contributed by atoms with Crippen LogP contribution in [0.4, 0.5) is 5.69 Å². The summed E-state index contributed by atoms with van der Waals surface area (Å²) in [5.74, 6) is -0.165. The zero-order valence-electron chi connectivity index (χ0n) is 17.8. The number of nitrogens with zero attached hydrogens (tertiary/aromatic N) is 3. The second-order valence-electron chi connectivity index (χ2n) is 9.00. The molecule has 7 heteroatoms. The molecule has 1 aliphatic carbocycles. The van der Waals surface area contributed by atoms with Gasteiger partial charge in [0.05, 0.1) is 16.8 Å². The molecule has 1 saturated carbocycles. The minimum atomic E-state index is -0.0827. The van der Waals surface area contributed by atoms with E-state index in [1.54, 1.807) is 11.3 Å². The molecule has 164 valence electrons. The van der Waals surface area contributed by atoms with E-state index >= 15 is 0 Å². The van der Waals surface area contributed by atoms with Gasteiger partial charge in [-0.2, -0.15) is 0 Å². The van der Waals surface area contributed by atoms with E-state index in [-0.39, 0.29) is 11.8 Å². The first-order valence-electron chi connectivity index (χ1n) is 11.4. The van der Waals surface area contributed by atoms with E-state index in [1.807, 2.05) is 12.3 Å². The molecule has 6 rings (SSSR count). The van der Waals surface area contributed by atoms with Crippen molar-refractivity contribution >= 4 is 50.7 Å². The number of hydrogen-bond donors (Lipinski definition) is 0. The van der Waals surface area contributed by atoms with Crippen LogP contribution in [0.1, 0.15) is 49.0 Å². The van der Waals surface area contributed by atoms with E-state index in [4.69, 9.17) is 11.6 Å². The molecular formula is C25H24ClN3O2S. The Bertz CT molecular complexity index is 1230. The van der Waals surface area contributed by atoms with Gasteiger partial charge in [0.2, 0.25) is 11.8 Å². The highest BCUT2D eigenvalue weighted by Gasteiger charge is 2.32. The average molecular weight is 466 g/mol. The fraction of sp³-hybridized carbons (Fsp3) is 0.400. The van der Waals surface area contributed by atoms with Gasteiger partial charge in [-0.1, -0.05) is 11.6 Å². The second-order valence-corrected chi connectivity index (χ2v) is 10.6. The Labute approximate surface area is 196 Å². The second kappa shape index (κ2) is 7.85. The first-order valence-corrected chi connectivity index (χ1v) is 12.6. The van der Waals surface area contributed by atoms with Gasteiger partial charge in [0, 0.05) is 58.3 Å². The van der Waals surface area contributed by atoms with Crippen LogP contribution < -0.4 is 4.90 Å². The number of anilines is 1. The normalized spacial score (nSPS) is 19.0. The van der Waals surface area contributed by atoms with E-state index in [9.17, 15) is 9.59 Å². The largest absolute Gasteiger partial charge is 0.368 e. The number of rotatable bonds is 4. The average Bonchev–Trinajstić information content (AvgIpc) is 3.29. The molecule has 3 aromatic rings. The summed E-state index contributed by atoms with van der Waals surface area (Å²) in [6.07, 6.45) is 8.52. The van der Waals surface area contributed by atoms with Gasteiger partial charge < -0.3 is 4.90 Å². The number of halogens is 1. The fourth-order valence-electron chi connectivity index (χ4n) is 5.24. The molecule has 2 aliphatic heterocycles. The Morgan fingerprint density at radius 3 is 2.59 bits per heavy atom. The van der Waals surface area contributed by atoms with Crippen molar-refractivity contribution in [2.24, 2.45) is 0 Å². The highest BCUT2D eigenvalue weighted by molar-refractivity contribution is 7.19. The Morgan fingerprint density at radius 2 is 1.84 bits per heavy atom. The Hall–Kier alpha value is -2.44. The molecule has 32 heavy (non-hydrogen) atoms. The molecule has 0 N–H and O–H groups in total. The van der Waals surface area contributed by atoms with Crippen LogP contribution >= 0.6 is 22.9 Å². The number of carbonyl (C=O) groups excluding carboxylic acids is 2. The van der Waals surface area contributed by atoms with Crippen molar-refractivity contribution in [2.75, 3.05) is 11.4 Å². The summed E-state index contributed by atoms with van der Waals surface area (Å²) in [5.41, 5.74) is 5.88. The summed E-state index contributed by atoms with van der Waals surface area (Å²) >= 11 is 8.22. The molecular weight excluding hydrogens is 442 g/mol. The maximum atomic E-state index is 12.1. The number of hydrogen-bond acceptors (Lipinski definition) is 5. The number of likely N-dealkylation sites (tertiary alicyclic amines) is 1. The Kier molecular flexibility index (Phi) is 4.95. The van der Waals surface area contributed by atoms with Crippen LogP contribution in [0.15, 0.2) is 30.5 Å². The number of fused-ring (bicyclic) bond motifs is 2. The number of aryl methyl sites for hydroxylation is 1. The molecule has 2 amide bonds. The number of carbonyl (C=O) groups is 2. The smallest absolute Gasteiger partial charge is 0.230 e. The SMILES string of the molecule is O=C1CCC(=O)N1Cc1cc2nccc(-c3cc(Cl)cc4c3N(C3CCC3)CCC4)c2s1. The zero-order chi connectivity index (χ0) is 21.8. The van der Waals surface area contributed by atoms with E-state index in [1.165, 1.54) is 41.0 Å². The van der Waals surface area contributed by atoms with Crippen LogP contribution in [-0.2, 0) is 22.6 Å². The molecule has 0 atom stereocenters. The number of imide groups is 1. The van der Waals surface area contributed by atoms with Crippen molar-refractivity contribution in [3.05, 3.63) is 45.9 Å². The van der Waals surface area contributed by atoms with Crippen molar-refractivity contribution in [1.29, 1.82) is 0 Å². The van der Waals surface area contributed by atoms with Gasteiger partial charge in [0.15, 0.2) is 0 Å². The third-order valence-electron chi connectivity index (χ3n) is 7.02. The summed E-state index contributed by atoms with van der Waals surface area (Å²) in [7, 11) is 0. The molecule has 0 unspecified atom stereocenters. The summed E-state index contributed by atoms with van der Waals surface area (Å²) in [4.78, 5) is 33.8. The zero-order valence-corrected chi connectivity index (χ0v) is 19.3. The minimum Gasteiger partial charge on any atom is -0.368 e. The molecule has 0 bridgehead atoms. The topological polar surface area (TPSA) is 53.5 Å². The maximum absolute atomic E-state index is 12.1. The van der Waals surface area contributed by atoms with E-state index in [0.29, 0.717) is 25.4 Å². The highest BCUT2D eigenvalue weighted by atomic mass is 35.5. The molecule has 2 fully saturated rings. The first kappa shape index (κ1) is 20.2. The molecule has 1 aromatic carbocycles. The monoisotopic (exact) mass is 465 g/mol. The number of benzene rings is 1. The quantitative estimate of drug-likeness (QED) is 0.472. The summed E-state index contributed by atoms with van der Waals surface area (Å²) in [6, 6.07) is 8.95. The molecule has 2 aromatic heterocycles. The van der Waals surface area contributed by atoms with E-state index in [0.717, 1.165) is 45.1 Å². The lowest BCUT2D eigenvalue weighted by molar-refractivity contribution is -0.138.